The zero-order valence-electron chi connectivity index (χ0n) is 15.1. The molecule has 0 bridgehead atoms. The maximum Gasteiger partial charge on any atom is 0.276 e. The number of hydrogen-bond acceptors (Lipinski definition) is 3. The molecule has 138 valence electrons. The average Bonchev–Trinajstić information content (AvgIpc) is 3.02. The first-order valence-electron chi connectivity index (χ1n) is 8.46. The van der Waals surface area contributed by atoms with E-state index in [9.17, 15) is 9.59 Å². The van der Waals surface area contributed by atoms with Crippen molar-refractivity contribution in [2.24, 2.45) is 15.4 Å². The van der Waals surface area contributed by atoms with E-state index in [1.807, 2.05) is 0 Å². The third kappa shape index (κ3) is 2.67. The smallest absolute Gasteiger partial charge is 0.276 e. The van der Waals surface area contributed by atoms with Gasteiger partial charge < -0.3 is 10.6 Å². The number of hydrogen-bond donors (Lipinski definition) is 2. The molecule has 1 aromatic rings. The van der Waals surface area contributed by atoms with Crippen molar-refractivity contribution in [3.63, 3.8) is 0 Å². The molecule has 0 radical (unpaired) electrons. The van der Waals surface area contributed by atoms with Crippen molar-refractivity contribution in [1.29, 1.82) is 0 Å². The van der Waals surface area contributed by atoms with Crippen LogP contribution in [0, 0.1) is 5.41 Å². The minimum absolute atomic E-state index is 0.222. The van der Waals surface area contributed by atoms with E-state index in [-0.39, 0.29) is 33.3 Å². The van der Waals surface area contributed by atoms with Crippen molar-refractivity contribution < 1.29 is 4.79 Å². The number of aromatic nitrogens is 1. The monoisotopic (exact) mass is 375 g/mol. The first kappa shape index (κ1) is 18.4. The number of carbonyl (C=O) groups is 1. The Morgan fingerprint density at radius 1 is 1.42 bits per heavy atom. The zero-order valence-corrected chi connectivity index (χ0v) is 15.9. The lowest BCUT2D eigenvalue weighted by atomic mass is 9.81. The zero-order chi connectivity index (χ0) is 19.1. The molecule has 0 aromatic carbocycles. The van der Waals surface area contributed by atoms with E-state index in [4.69, 9.17) is 11.6 Å². The molecule has 1 fully saturated rings. The number of aliphatic imine (C=N–C) groups is 2. The van der Waals surface area contributed by atoms with E-state index in [1.165, 1.54) is 23.2 Å². The Kier molecular flexibility index (Phi) is 4.52. The van der Waals surface area contributed by atoms with Gasteiger partial charge in [0.1, 0.15) is 29.2 Å². The average molecular weight is 376 g/mol. The fourth-order valence-corrected chi connectivity index (χ4v) is 4.20. The molecule has 1 aliphatic heterocycles. The molecule has 1 atom stereocenters. The number of carbonyl (C=O) groups excluding carboxylic acids is 1. The van der Waals surface area contributed by atoms with Gasteiger partial charge in [-0.05, 0) is 32.3 Å². The molecule has 26 heavy (non-hydrogen) atoms. The summed E-state index contributed by atoms with van der Waals surface area (Å²) in [6, 6.07) is 1.47. The highest BCUT2D eigenvalue weighted by Crippen LogP contribution is 2.51. The molecule has 1 aliphatic carbocycles. The summed E-state index contributed by atoms with van der Waals surface area (Å²) in [5.41, 5.74) is -0.828. The minimum Gasteiger partial charge on any atom is -0.339 e. The van der Waals surface area contributed by atoms with E-state index < -0.39 is 5.66 Å². The van der Waals surface area contributed by atoms with Crippen molar-refractivity contribution in [2.75, 3.05) is 5.32 Å². The third-order valence-electron chi connectivity index (χ3n) is 5.27. The van der Waals surface area contributed by atoms with Crippen molar-refractivity contribution in [1.82, 2.24) is 9.88 Å². The van der Waals surface area contributed by atoms with Gasteiger partial charge in [-0.25, -0.2) is 9.98 Å². The second-order valence-corrected chi connectivity index (χ2v) is 7.64. The Balaban J connectivity index is 2.14. The summed E-state index contributed by atoms with van der Waals surface area (Å²) in [6.07, 6.45) is 5.22. The number of fused-ring (bicyclic) bond motifs is 2. The summed E-state index contributed by atoms with van der Waals surface area (Å²) in [5.74, 6) is 0.165. The summed E-state index contributed by atoms with van der Waals surface area (Å²) in [7, 11) is 0. The molecule has 1 amide bonds. The van der Waals surface area contributed by atoms with Gasteiger partial charge in [0.2, 0.25) is 0 Å². The first-order valence-corrected chi connectivity index (χ1v) is 8.84. The van der Waals surface area contributed by atoms with E-state index in [2.05, 4.69) is 41.0 Å². The standard InChI is InChI=1S/C18H22ClN5O2/c1-5-20-10-21-11(2)22-13-9-12(19)14-15(25)23-18(24(14)16(13)26)8-6-7-17(18,3)4/h5,9-10H,1,6-8H2,2-4H3,(H,23,25)(H,20,21,22). The maximum absolute atomic E-state index is 13.2. The Bertz CT molecular complexity index is 900. The predicted octanol–water partition coefficient (Wildman–Crippen LogP) is 3.11. The van der Waals surface area contributed by atoms with Gasteiger partial charge in [-0.2, -0.15) is 0 Å². The molecule has 2 N–H and O–H groups in total. The molecule has 1 spiro atoms. The number of rotatable bonds is 3. The molecule has 3 rings (SSSR count). The van der Waals surface area contributed by atoms with Crippen LogP contribution in [0.4, 0.5) is 5.69 Å². The Labute approximate surface area is 156 Å². The van der Waals surface area contributed by atoms with Gasteiger partial charge in [0.15, 0.2) is 0 Å². The van der Waals surface area contributed by atoms with Crippen LogP contribution < -0.4 is 16.2 Å². The minimum atomic E-state index is -0.757. The van der Waals surface area contributed by atoms with Crippen molar-refractivity contribution in [2.45, 2.75) is 45.7 Å². The second-order valence-electron chi connectivity index (χ2n) is 7.23. The van der Waals surface area contributed by atoms with Gasteiger partial charge in [0.05, 0.1) is 5.02 Å². The van der Waals surface area contributed by atoms with Gasteiger partial charge in [-0.3, -0.25) is 14.2 Å². The van der Waals surface area contributed by atoms with E-state index in [1.54, 1.807) is 6.92 Å². The summed E-state index contributed by atoms with van der Waals surface area (Å²) in [4.78, 5) is 33.6. The fraction of sp³-hybridized carbons (Fsp3) is 0.444. The number of amides is 1. The molecule has 1 aromatic heterocycles. The molecule has 2 aliphatic rings. The van der Waals surface area contributed by atoms with Crippen molar-refractivity contribution >= 4 is 35.4 Å². The van der Waals surface area contributed by atoms with Crippen LogP contribution in [-0.4, -0.2) is 22.6 Å². The molecule has 0 saturated heterocycles. The highest BCUT2D eigenvalue weighted by Gasteiger charge is 2.57. The maximum atomic E-state index is 13.2. The van der Waals surface area contributed by atoms with Crippen LogP contribution in [0.25, 0.3) is 0 Å². The number of pyridine rings is 1. The Morgan fingerprint density at radius 3 is 2.77 bits per heavy atom. The summed E-state index contributed by atoms with van der Waals surface area (Å²) in [6.45, 7) is 9.31. The van der Waals surface area contributed by atoms with E-state index in [0.717, 1.165) is 12.8 Å². The highest BCUT2D eigenvalue weighted by molar-refractivity contribution is 6.34. The Morgan fingerprint density at radius 2 is 2.15 bits per heavy atom. The summed E-state index contributed by atoms with van der Waals surface area (Å²) in [5, 5.41) is 6.23. The molecule has 1 unspecified atom stereocenters. The van der Waals surface area contributed by atoms with E-state index in [0.29, 0.717) is 12.3 Å². The van der Waals surface area contributed by atoms with Gasteiger partial charge in [-0.15, -0.1) is 0 Å². The first-order chi connectivity index (χ1) is 12.2. The van der Waals surface area contributed by atoms with Gasteiger partial charge >= 0.3 is 0 Å². The number of anilines is 1. The highest BCUT2D eigenvalue weighted by atomic mass is 35.5. The lowest BCUT2D eigenvalue weighted by Gasteiger charge is -2.39. The summed E-state index contributed by atoms with van der Waals surface area (Å²) >= 11 is 6.37. The van der Waals surface area contributed by atoms with Crippen LogP contribution in [0.2, 0.25) is 5.02 Å². The van der Waals surface area contributed by atoms with Gasteiger partial charge in [0.25, 0.3) is 11.5 Å². The SMILES string of the molecule is C=C/N=C\N=C(/C)Nc1cc(Cl)c2n(c1=O)C1(CCCC1(C)C)NC2=O. The molecule has 2 heterocycles. The van der Waals surface area contributed by atoms with Gasteiger partial charge in [0, 0.05) is 11.6 Å². The lowest BCUT2D eigenvalue weighted by Crippen LogP contribution is -2.54. The quantitative estimate of drug-likeness (QED) is 0.628. The molecular formula is C18H22ClN5O2. The van der Waals surface area contributed by atoms with E-state index >= 15 is 0 Å². The van der Waals surface area contributed by atoms with Crippen LogP contribution in [0.1, 0.15) is 50.5 Å². The van der Waals surface area contributed by atoms with Crippen LogP contribution >= 0.6 is 11.6 Å². The summed E-state index contributed by atoms with van der Waals surface area (Å²) < 4.78 is 1.54. The Hall–Kier alpha value is -2.41. The van der Waals surface area contributed by atoms with Crippen LogP contribution in [0.15, 0.2) is 33.6 Å². The normalized spacial score (nSPS) is 24.2. The number of amidine groups is 1. The number of nitrogens with one attached hydrogen (secondary N) is 2. The van der Waals surface area contributed by atoms with Crippen LogP contribution in [-0.2, 0) is 5.66 Å². The molecular weight excluding hydrogens is 354 g/mol. The second kappa shape index (κ2) is 6.39. The number of nitrogens with zero attached hydrogens (tertiary/aromatic N) is 3. The number of halogens is 1. The largest absolute Gasteiger partial charge is 0.339 e. The molecule has 7 nitrogen and oxygen atoms in total. The predicted molar refractivity (Wildman–Crippen MR) is 104 cm³/mol. The lowest BCUT2D eigenvalue weighted by molar-refractivity contribution is 0.0719. The van der Waals surface area contributed by atoms with Crippen molar-refractivity contribution in [3.8, 4) is 0 Å². The molecule has 8 heteroatoms. The third-order valence-corrected chi connectivity index (χ3v) is 5.56. The topological polar surface area (TPSA) is 87.8 Å². The fourth-order valence-electron chi connectivity index (χ4n) is 3.92. The van der Waals surface area contributed by atoms with Crippen LogP contribution in [0.5, 0.6) is 0 Å². The molecule has 1 saturated carbocycles. The van der Waals surface area contributed by atoms with Crippen LogP contribution in [0.3, 0.4) is 0 Å². The van der Waals surface area contributed by atoms with Crippen molar-refractivity contribution in [3.05, 3.63) is 39.9 Å². The van der Waals surface area contributed by atoms with Gasteiger partial charge in [-0.1, -0.05) is 32.0 Å².